The summed E-state index contributed by atoms with van der Waals surface area (Å²) in [5.74, 6) is 0.888. The smallest absolute Gasteiger partial charge is 0.183 e. The summed E-state index contributed by atoms with van der Waals surface area (Å²) in [6.07, 6.45) is 10.5. The van der Waals surface area contributed by atoms with Gasteiger partial charge in [-0.3, -0.25) is 0 Å². The lowest BCUT2D eigenvalue weighted by Crippen LogP contribution is -2.27. The molecule has 0 radical (unpaired) electrons. The molecule has 1 aromatic rings. The summed E-state index contributed by atoms with van der Waals surface area (Å²) in [4.78, 5) is 0. The number of unbranched alkanes of at least 4 members (excludes halogenated alkanes) is 6. The van der Waals surface area contributed by atoms with Crippen LogP contribution in [0.1, 0.15) is 57.4 Å². The number of ether oxygens (including phenoxy) is 11. The highest BCUT2D eigenvalue weighted by Gasteiger charge is 2.13. The summed E-state index contributed by atoms with van der Waals surface area (Å²) in [5.41, 5.74) is 1.38. The minimum atomic E-state index is -1.45. The van der Waals surface area contributed by atoms with Crippen molar-refractivity contribution < 1.29 is 56.5 Å². The Morgan fingerprint density at radius 1 is 0.358 bits per heavy atom. The van der Waals surface area contributed by atoms with Gasteiger partial charge in [0.2, 0.25) is 0 Å². The Morgan fingerprint density at radius 3 is 1.00 bits per heavy atom. The molecule has 0 atom stereocenters. The standard InChI is InChI=1S/C40H76O12Si/c1-5-6-7-8-9-10-11-12-39-13-15-40(16-14-39)51-37-35-49-33-31-47-29-27-45-25-23-43-21-19-41-17-18-42-20-22-44-24-26-46-28-30-48-32-34-50-36-38-52-53(2,3)4/h13-16H,5-12,17-38H2,1-4H3. The van der Waals surface area contributed by atoms with Crippen LogP contribution in [0.15, 0.2) is 24.3 Å². The van der Waals surface area contributed by atoms with Crippen molar-refractivity contribution in [2.45, 2.75) is 77.9 Å². The first-order valence-corrected chi connectivity index (χ1v) is 23.5. The first-order chi connectivity index (χ1) is 26.0. The van der Waals surface area contributed by atoms with Gasteiger partial charge < -0.3 is 56.5 Å². The molecule has 0 aliphatic heterocycles. The maximum atomic E-state index is 5.79. The van der Waals surface area contributed by atoms with Gasteiger partial charge in [0.15, 0.2) is 8.32 Å². The number of hydrogen-bond acceptors (Lipinski definition) is 12. The van der Waals surface area contributed by atoms with Crippen molar-refractivity contribution in [3.8, 4) is 5.75 Å². The van der Waals surface area contributed by atoms with E-state index in [0.717, 1.165) is 12.2 Å². The van der Waals surface area contributed by atoms with Gasteiger partial charge in [0.25, 0.3) is 0 Å². The van der Waals surface area contributed by atoms with Crippen molar-refractivity contribution in [2.24, 2.45) is 0 Å². The zero-order valence-electron chi connectivity index (χ0n) is 33.9. The zero-order chi connectivity index (χ0) is 38.2. The van der Waals surface area contributed by atoms with Crippen molar-refractivity contribution in [1.82, 2.24) is 0 Å². The minimum Gasteiger partial charge on any atom is -0.491 e. The number of rotatable bonds is 43. The Bertz CT molecular complexity index is 859. The third kappa shape index (κ3) is 38.9. The van der Waals surface area contributed by atoms with Crippen LogP contribution in [-0.4, -0.2) is 154 Å². The van der Waals surface area contributed by atoms with Crippen LogP contribution in [-0.2, 0) is 58.2 Å². The number of hydrogen-bond donors (Lipinski definition) is 0. The fourth-order valence-corrected chi connectivity index (χ4v) is 5.44. The lowest BCUT2D eigenvalue weighted by molar-refractivity contribution is -0.0270. The second-order valence-corrected chi connectivity index (χ2v) is 18.0. The molecule has 53 heavy (non-hydrogen) atoms. The maximum absolute atomic E-state index is 5.79. The van der Waals surface area contributed by atoms with Gasteiger partial charge in [-0.05, 0) is 50.2 Å². The molecule has 0 aliphatic rings. The second-order valence-electron chi connectivity index (χ2n) is 13.4. The quantitative estimate of drug-likeness (QED) is 0.0543. The van der Waals surface area contributed by atoms with Crippen LogP contribution in [0.3, 0.4) is 0 Å². The lowest BCUT2D eigenvalue weighted by Gasteiger charge is -2.16. The van der Waals surface area contributed by atoms with Crippen molar-refractivity contribution in [2.75, 3.05) is 145 Å². The van der Waals surface area contributed by atoms with Gasteiger partial charge >= 0.3 is 0 Å². The molecule has 1 aromatic carbocycles. The van der Waals surface area contributed by atoms with E-state index in [4.69, 9.17) is 56.5 Å². The van der Waals surface area contributed by atoms with E-state index in [1.807, 2.05) is 0 Å². The Morgan fingerprint density at radius 2 is 0.660 bits per heavy atom. The van der Waals surface area contributed by atoms with Crippen LogP contribution >= 0.6 is 0 Å². The molecule has 0 bridgehead atoms. The third-order valence-corrected chi connectivity index (χ3v) is 8.67. The SMILES string of the molecule is CCCCCCCCCc1ccc(OCCOCCOCCOCCOCCOCCOCCOCCOCCOCCOCCO[Si](C)(C)C)cc1. The molecule has 0 saturated heterocycles. The summed E-state index contributed by atoms with van der Waals surface area (Å²) >= 11 is 0. The van der Waals surface area contributed by atoms with Crippen molar-refractivity contribution in [3.05, 3.63) is 29.8 Å². The molecule has 13 heteroatoms. The summed E-state index contributed by atoms with van der Waals surface area (Å²) in [6.45, 7) is 20.5. The van der Waals surface area contributed by atoms with Crippen molar-refractivity contribution >= 4 is 8.32 Å². The van der Waals surface area contributed by atoms with E-state index >= 15 is 0 Å². The van der Waals surface area contributed by atoms with Gasteiger partial charge in [0.05, 0.1) is 139 Å². The minimum absolute atomic E-state index is 0.515. The van der Waals surface area contributed by atoms with E-state index in [2.05, 4.69) is 50.8 Å². The van der Waals surface area contributed by atoms with E-state index in [0.29, 0.717) is 145 Å². The van der Waals surface area contributed by atoms with E-state index in [-0.39, 0.29) is 0 Å². The topological polar surface area (TPSA) is 111 Å². The van der Waals surface area contributed by atoms with E-state index < -0.39 is 8.32 Å². The molecule has 0 saturated carbocycles. The van der Waals surface area contributed by atoms with Gasteiger partial charge in [-0.1, -0.05) is 57.6 Å². The molecule has 0 amide bonds. The molecule has 1 rings (SSSR count). The highest BCUT2D eigenvalue weighted by molar-refractivity contribution is 6.69. The molecule has 0 aromatic heterocycles. The number of benzene rings is 1. The summed E-state index contributed by atoms with van der Waals surface area (Å²) < 4.78 is 66.7. The Hall–Kier alpha value is -1.20. The predicted molar refractivity (Wildman–Crippen MR) is 211 cm³/mol. The molecule has 312 valence electrons. The molecule has 0 aliphatic carbocycles. The molecule has 0 fully saturated rings. The Balaban J connectivity index is 1.69. The van der Waals surface area contributed by atoms with Crippen molar-refractivity contribution in [1.29, 1.82) is 0 Å². The van der Waals surface area contributed by atoms with Gasteiger partial charge in [-0.2, -0.15) is 0 Å². The van der Waals surface area contributed by atoms with Crippen LogP contribution in [0.25, 0.3) is 0 Å². The average Bonchev–Trinajstić information content (AvgIpc) is 3.14. The zero-order valence-corrected chi connectivity index (χ0v) is 34.9. The molecule has 0 unspecified atom stereocenters. The van der Waals surface area contributed by atoms with E-state index in [1.165, 1.54) is 50.5 Å². The second kappa shape index (κ2) is 39.0. The van der Waals surface area contributed by atoms with E-state index in [9.17, 15) is 0 Å². The number of aryl methyl sites for hydroxylation is 1. The highest BCUT2D eigenvalue weighted by atomic mass is 28.4. The summed E-state index contributed by atoms with van der Waals surface area (Å²) in [5, 5.41) is 0. The first-order valence-electron chi connectivity index (χ1n) is 20.1. The predicted octanol–water partition coefficient (Wildman–Crippen LogP) is 6.38. The maximum Gasteiger partial charge on any atom is 0.183 e. The van der Waals surface area contributed by atoms with E-state index in [1.54, 1.807) is 0 Å². The highest BCUT2D eigenvalue weighted by Crippen LogP contribution is 2.15. The molecule has 0 heterocycles. The van der Waals surface area contributed by atoms with Gasteiger partial charge in [-0.25, -0.2) is 0 Å². The normalized spacial score (nSPS) is 11.8. The molecule has 0 N–H and O–H groups in total. The Labute approximate surface area is 323 Å². The van der Waals surface area contributed by atoms with Gasteiger partial charge in [0, 0.05) is 0 Å². The molecular weight excluding hydrogens is 701 g/mol. The third-order valence-electron chi connectivity index (χ3n) is 7.60. The fraction of sp³-hybridized carbons (Fsp3) is 0.850. The Kier molecular flexibility index (Phi) is 36.7. The van der Waals surface area contributed by atoms with Gasteiger partial charge in [0.1, 0.15) is 12.4 Å². The largest absolute Gasteiger partial charge is 0.491 e. The molecule has 0 spiro atoms. The lowest BCUT2D eigenvalue weighted by atomic mass is 10.0. The fourth-order valence-electron chi connectivity index (χ4n) is 4.75. The monoisotopic (exact) mass is 777 g/mol. The first kappa shape index (κ1) is 49.8. The van der Waals surface area contributed by atoms with Gasteiger partial charge in [-0.15, -0.1) is 0 Å². The van der Waals surface area contributed by atoms with Crippen LogP contribution in [0.5, 0.6) is 5.75 Å². The van der Waals surface area contributed by atoms with Crippen LogP contribution in [0.4, 0.5) is 0 Å². The van der Waals surface area contributed by atoms with Crippen LogP contribution in [0, 0.1) is 0 Å². The molecule has 12 nitrogen and oxygen atoms in total. The van der Waals surface area contributed by atoms with Crippen LogP contribution < -0.4 is 4.74 Å². The summed E-state index contributed by atoms with van der Waals surface area (Å²) in [7, 11) is -1.45. The molecular formula is C40H76O12Si. The van der Waals surface area contributed by atoms with Crippen LogP contribution in [0.2, 0.25) is 19.6 Å². The summed E-state index contributed by atoms with van der Waals surface area (Å²) in [6, 6.07) is 8.46. The van der Waals surface area contributed by atoms with Crippen molar-refractivity contribution in [3.63, 3.8) is 0 Å². The average molecular weight is 777 g/mol.